The second kappa shape index (κ2) is 5.74. The molecule has 2 rings (SSSR count). The minimum absolute atomic E-state index is 0.160. The van der Waals surface area contributed by atoms with Crippen LogP contribution in [0.4, 0.5) is 5.69 Å². The van der Waals surface area contributed by atoms with Crippen molar-refractivity contribution < 1.29 is 0 Å². The van der Waals surface area contributed by atoms with Crippen molar-refractivity contribution in [1.82, 2.24) is 0 Å². The summed E-state index contributed by atoms with van der Waals surface area (Å²) in [5.41, 5.74) is 8.21. The van der Waals surface area contributed by atoms with Crippen LogP contribution in [-0.2, 0) is 6.42 Å². The topological polar surface area (TPSA) is 29.3 Å². The van der Waals surface area contributed by atoms with Gasteiger partial charge < -0.3 is 10.6 Å². The number of benzene rings is 1. The molecule has 0 spiro atoms. The summed E-state index contributed by atoms with van der Waals surface area (Å²) in [5, 5.41) is 0.852. The highest BCUT2D eigenvalue weighted by molar-refractivity contribution is 6.31. The molecular weight excluding hydrogens is 232 g/mol. The zero-order valence-electron chi connectivity index (χ0n) is 10.5. The van der Waals surface area contributed by atoms with E-state index in [4.69, 9.17) is 17.3 Å². The summed E-state index contributed by atoms with van der Waals surface area (Å²) in [6, 6.07) is 6.54. The first-order valence-electron chi connectivity index (χ1n) is 6.46. The van der Waals surface area contributed by atoms with Crippen LogP contribution in [0.5, 0.6) is 0 Å². The maximum Gasteiger partial charge on any atom is 0.0459 e. The molecule has 94 valence electrons. The summed E-state index contributed by atoms with van der Waals surface area (Å²) in [4.78, 5) is 2.42. The van der Waals surface area contributed by atoms with Gasteiger partial charge in [-0.3, -0.25) is 0 Å². The Morgan fingerprint density at radius 3 is 2.59 bits per heavy atom. The third-order valence-electron chi connectivity index (χ3n) is 3.30. The fourth-order valence-electron chi connectivity index (χ4n) is 2.40. The Balaban J connectivity index is 2.12. The van der Waals surface area contributed by atoms with Gasteiger partial charge in [0.15, 0.2) is 0 Å². The summed E-state index contributed by atoms with van der Waals surface area (Å²) >= 11 is 6.31. The van der Waals surface area contributed by atoms with Crippen molar-refractivity contribution in [2.24, 2.45) is 5.73 Å². The molecule has 1 fully saturated rings. The lowest BCUT2D eigenvalue weighted by Crippen LogP contribution is -2.29. The Hall–Kier alpha value is -0.730. The smallest absolute Gasteiger partial charge is 0.0459 e. The molecule has 0 aromatic heterocycles. The highest BCUT2D eigenvalue weighted by Gasteiger charge is 2.12. The van der Waals surface area contributed by atoms with Crippen LogP contribution >= 0.6 is 11.6 Å². The van der Waals surface area contributed by atoms with E-state index in [9.17, 15) is 0 Å². The standard InChI is InChI=1S/C14H21ClN2/c1-11(16)9-12-5-6-13(10-14(12)15)17-7-3-2-4-8-17/h5-6,10-11H,2-4,7-9,16H2,1H3. The number of anilines is 1. The van der Waals surface area contributed by atoms with Crippen molar-refractivity contribution in [3.8, 4) is 0 Å². The van der Waals surface area contributed by atoms with E-state index >= 15 is 0 Å². The predicted octanol–water partition coefficient (Wildman–Crippen LogP) is 3.22. The lowest BCUT2D eigenvalue weighted by atomic mass is 10.1. The van der Waals surface area contributed by atoms with E-state index in [1.165, 1.54) is 24.9 Å². The van der Waals surface area contributed by atoms with E-state index in [0.29, 0.717) is 0 Å². The normalized spacial score (nSPS) is 18.2. The molecule has 1 saturated heterocycles. The van der Waals surface area contributed by atoms with Gasteiger partial charge in [0, 0.05) is 29.8 Å². The average molecular weight is 253 g/mol. The minimum atomic E-state index is 0.160. The van der Waals surface area contributed by atoms with E-state index in [0.717, 1.165) is 30.1 Å². The largest absolute Gasteiger partial charge is 0.371 e. The van der Waals surface area contributed by atoms with Crippen molar-refractivity contribution in [1.29, 1.82) is 0 Å². The van der Waals surface area contributed by atoms with Gasteiger partial charge in [-0.2, -0.15) is 0 Å². The molecule has 1 aliphatic heterocycles. The zero-order chi connectivity index (χ0) is 12.3. The summed E-state index contributed by atoms with van der Waals surface area (Å²) in [5.74, 6) is 0. The first-order chi connectivity index (χ1) is 8.16. The van der Waals surface area contributed by atoms with E-state index in [1.54, 1.807) is 0 Å². The average Bonchev–Trinajstić information content (AvgIpc) is 2.32. The number of nitrogens with two attached hydrogens (primary N) is 1. The van der Waals surface area contributed by atoms with Crippen LogP contribution in [0.1, 0.15) is 31.7 Å². The molecular formula is C14H21ClN2. The predicted molar refractivity (Wildman–Crippen MR) is 74.9 cm³/mol. The van der Waals surface area contributed by atoms with Crippen molar-refractivity contribution in [3.05, 3.63) is 28.8 Å². The summed E-state index contributed by atoms with van der Waals surface area (Å²) in [6.45, 7) is 4.32. The van der Waals surface area contributed by atoms with Crippen LogP contribution in [0.2, 0.25) is 5.02 Å². The third-order valence-corrected chi connectivity index (χ3v) is 3.65. The number of halogens is 1. The maximum absolute atomic E-state index is 6.31. The summed E-state index contributed by atoms with van der Waals surface area (Å²) < 4.78 is 0. The van der Waals surface area contributed by atoms with E-state index in [2.05, 4.69) is 23.1 Å². The van der Waals surface area contributed by atoms with Gasteiger partial charge in [0.2, 0.25) is 0 Å². The van der Waals surface area contributed by atoms with Gasteiger partial charge in [0.25, 0.3) is 0 Å². The molecule has 0 amide bonds. The summed E-state index contributed by atoms with van der Waals surface area (Å²) in [6.07, 6.45) is 4.78. The Morgan fingerprint density at radius 2 is 2.00 bits per heavy atom. The Labute approximate surface area is 109 Å². The number of rotatable bonds is 3. The van der Waals surface area contributed by atoms with Crippen LogP contribution in [0.3, 0.4) is 0 Å². The lowest BCUT2D eigenvalue weighted by molar-refractivity contribution is 0.578. The van der Waals surface area contributed by atoms with Crippen molar-refractivity contribution in [2.75, 3.05) is 18.0 Å². The quantitative estimate of drug-likeness (QED) is 0.895. The Bertz CT molecular complexity index is 370. The number of piperidine rings is 1. The third kappa shape index (κ3) is 3.36. The SMILES string of the molecule is CC(N)Cc1ccc(N2CCCCC2)cc1Cl. The van der Waals surface area contributed by atoms with E-state index in [-0.39, 0.29) is 6.04 Å². The molecule has 3 heteroatoms. The van der Waals surface area contributed by atoms with Crippen molar-refractivity contribution >= 4 is 17.3 Å². The Morgan fingerprint density at radius 1 is 1.29 bits per heavy atom. The fraction of sp³-hybridized carbons (Fsp3) is 0.571. The van der Waals surface area contributed by atoms with E-state index in [1.807, 2.05) is 6.92 Å². The number of nitrogens with zero attached hydrogens (tertiary/aromatic N) is 1. The van der Waals surface area contributed by atoms with Crippen LogP contribution < -0.4 is 10.6 Å². The van der Waals surface area contributed by atoms with Gasteiger partial charge in [0.1, 0.15) is 0 Å². The van der Waals surface area contributed by atoms with E-state index < -0.39 is 0 Å². The maximum atomic E-state index is 6.31. The highest BCUT2D eigenvalue weighted by atomic mass is 35.5. The van der Waals surface area contributed by atoms with Crippen molar-refractivity contribution in [2.45, 2.75) is 38.6 Å². The lowest BCUT2D eigenvalue weighted by Gasteiger charge is -2.29. The highest BCUT2D eigenvalue weighted by Crippen LogP contribution is 2.26. The van der Waals surface area contributed by atoms with Crippen LogP contribution in [0.15, 0.2) is 18.2 Å². The molecule has 1 heterocycles. The number of hydrogen-bond donors (Lipinski definition) is 1. The molecule has 1 aromatic rings. The molecule has 2 N–H and O–H groups in total. The molecule has 17 heavy (non-hydrogen) atoms. The van der Waals surface area contributed by atoms with Gasteiger partial charge in [-0.15, -0.1) is 0 Å². The van der Waals surface area contributed by atoms with Gasteiger partial charge >= 0.3 is 0 Å². The first kappa shape index (κ1) is 12.7. The summed E-state index contributed by atoms with van der Waals surface area (Å²) in [7, 11) is 0. The second-order valence-corrected chi connectivity index (χ2v) is 5.41. The molecule has 0 saturated carbocycles. The first-order valence-corrected chi connectivity index (χ1v) is 6.83. The second-order valence-electron chi connectivity index (χ2n) is 5.00. The molecule has 0 radical (unpaired) electrons. The van der Waals surface area contributed by atoms with Gasteiger partial charge in [-0.1, -0.05) is 17.7 Å². The number of hydrogen-bond acceptors (Lipinski definition) is 2. The molecule has 1 aliphatic rings. The zero-order valence-corrected chi connectivity index (χ0v) is 11.2. The fourth-order valence-corrected chi connectivity index (χ4v) is 2.65. The molecule has 1 unspecified atom stereocenters. The monoisotopic (exact) mass is 252 g/mol. The van der Waals surface area contributed by atoms with Crippen molar-refractivity contribution in [3.63, 3.8) is 0 Å². The molecule has 1 aromatic carbocycles. The minimum Gasteiger partial charge on any atom is -0.371 e. The molecule has 1 atom stereocenters. The van der Waals surface area contributed by atoms with Crippen LogP contribution in [-0.4, -0.2) is 19.1 Å². The van der Waals surface area contributed by atoms with Gasteiger partial charge in [0.05, 0.1) is 0 Å². The molecule has 0 bridgehead atoms. The van der Waals surface area contributed by atoms with Crippen LogP contribution in [0.25, 0.3) is 0 Å². The van der Waals surface area contributed by atoms with Crippen LogP contribution in [0, 0.1) is 0 Å². The van der Waals surface area contributed by atoms with Gasteiger partial charge in [-0.05, 0) is 50.3 Å². The molecule has 2 nitrogen and oxygen atoms in total. The Kier molecular flexibility index (Phi) is 4.30. The molecule has 0 aliphatic carbocycles. The van der Waals surface area contributed by atoms with Gasteiger partial charge in [-0.25, -0.2) is 0 Å².